The van der Waals surface area contributed by atoms with Crippen LogP contribution in [0.2, 0.25) is 0 Å². The lowest BCUT2D eigenvalue weighted by Crippen LogP contribution is -2.53. The minimum Gasteiger partial charge on any atom is -0.480 e. The summed E-state index contributed by atoms with van der Waals surface area (Å²) in [6.07, 6.45) is 12.9. The maximum absolute atomic E-state index is 13.3. The van der Waals surface area contributed by atoms with Crippen LogP contribution in [-0.4, -0.2) is 135 Å². The van der Waals surface area contributed by atoms with Gasteiger partial charge in [-0.15, -0.1) is 0 Å². The SMILES string of the molecule is CC(C)C(C)N(C)C.CCC.CCC(C)C(C(CC(=O)N1CCCC1C(OC)C(C)C)OC)N(C)C(=O)CNC=O.O=CNC(CC1=CCCC=C1)C(=O)O. The van der Waals surface area contributed by atoms with E-state index < -0.39 is 18.1 Å². The Morgan fingerprint density at radius 2 is 1.58 bits per heavy atom. The van der Waals surface area contributed by atoms with Gasteiger partial charge in [0.2, 0.25) is 24.6 Å². The molecule has 1 fully saturated rings. The third-order valence-electron chi connectivity index (χ3n) is 10.2. The standard InChI is InChI=1S/C22H41N3O5.C10H13NO3.C7H17N.C3H8/c1-8-16(4)21(24(5)20(28)13-23-14-26)18(29-6)12-19(27)25-11-9-10-17(25)22(30-7)15(2)3;12-7-11-9(10(13)14)6-8-4-2-1-3-5-8;1-6(2)7(3)8(4)5;1-3-2/h14-18,21-22H,8-13H2,1-7H3,(H,23,26);2,4-5,7,9H,1,3,6H2,(H,11,12)(H,13,14);6-7H,1-5H3;3H2,1-2H3. The van der Waals surface area contributed by atoms with Crippen molar-refractivity contribution >= 4 is 30.6 Å². The Hall–Kier alpha value is -3.29. The molecule has 1 aliphatic carbocycles. The number of likely N-dealkylation sites (N-methyl/N-ethyl adjacent to an activating group) is 1. The predicted octanol–water partition coefficient (Wildman–Crippen LogP) is 5.53. The molecule has 1 saturated heterocycles. The van der Waals surface area contributed by atoms with E-state index in [1.807, 2.05) is 23.1 Å². The van der Waals surface area contributed by atoms with Crippen LogP contribution >= 0.6 is 0 Å². The summed E-state index contributed by atoms with van der Waals surface area (Å²) in [6, 6.07) is -0.316. The first kappa shape index (κ1) is 53.8. The van der Waals surface area contributed by atoms with E-state index in [0.29, 0.717) is 31.2 Å². The zero-order valence-corrected chi connectivity index (χ0v) is 36.8. The second-order valence-electron chi connectivity index (χ2n) is 15.4. The van der Waals surface area contributed by atoms with Crippen LogP contribution in [0.3, 0.4) is 0 Å². The minimum atomic E-state index is -1.00. The lowest BCUT2D eigenvalue weighted by atomic mass is 9.90. The van der Waals surface area contributed by atoms with Crippen molar-refractivity contribution in [1.82, 2.24) is 25.3 Å². The topological polar surface area (TPSA) is 158 Å². The number of likely N-dealkylation sites (tertiary alicyclic amines) is 1. The number of rotatable bonds is 20. The molecular weight excluding hydrogens is 702 g/mol. The molecule has 320 valence electrons. The van der Waals surface area contributed by atoms with Crippen LogP contribution < -0.4 is 10.6 Å². The van der Waals surface area contributed by atoms with Gasteiger partial charge in [0.1, 0.15) is 6.04 Å². The highest BCUT2D eigenvalue weighted by Crippen LogP contribution is 2.29. The summed E-state index contributed by atoms with van der Waals surface area (Å²) in [7, 11) is 9.23. The van der Waals surface area contributed by atoms with Gasteiger partial charge in [-0.05, 0) is 70.0 Å². The van der Waals surface area contributed by atoms with Crippen LogP contribution in [-0.2, 0) is 33.4 Å². The second kappa shape index (κ2) is 30.9. The Balaban J connectivity index is 0. The molecule has 2 aliphatic rings. The summed E-state index contributed by atoms with van der Waals surface area (Å²) >= 11 is 0. The Bertz CT molecular complexity index is 1140. The molecule has 7 atom stereocenters. The first-order valence-corrected chi connectivity index (χ1v) is 20.2. The van der Waals surface area contributed by atoms with E-state index in [1.54, 1.807) is 26.2 Å². The number of hydrogen-bond acceptors (Lipinski definition) is 8. The number of amides is 4. The average Bonchev–Trinajstić information content (AvgIpc) is 3.63. The summed E-state index contributed by atoms with van der Waals surface area (Å²) in [6.45, 7) is 19.9. The van der Waals surface area contributed by atoms with E-state index in [2.05, 4.69) is 91.9 Å². The van der Waals surface area contributed by atoms with Gasteiger partial charge in [0.15, 0.2) is 0 Å². The molecule has 0 spiro atoms. The maximum Gasteiger partial charge on any atom is 0.326 e. The van der Waals surface area contributed by atoms with Gasteiger partial charge in [-0.25, -0.2) is 4.79 Å². The lowest BCUT2D eigenvalue weighted by molar-refractivity contribution is -0.144. The molecule has 2 rings (SSSR count). The molecule has 0 saturated carbocycles. The Kier molecular flexibility index (Phi) is 30.2. The second-order valence-corrected chi connectivity index (χ2v) is 15.4. The zero-order chi connectivity index (χ0) is 42.7. The highest BCUT2D eigenvalue weighted by Gasteiger charge is 2.39. The molecule has 3 N–H and O–H groups in total. The van der Waals surface area contributed by atoms with Crippen molar-refractivity contribution in [3.8, 4) is 0 Å². The summed E-state index contributed by atoms with van der Waals surface area (Å²) in [4.78, 5) is 63.0. The molecule has 0 aromatic carbocycles. The van der Waals surface area contributed by atoms with Gasteiger partial charge in [-0.3, -0.25) is 19.2 Å². The number of ether oxygens (including phenoxy) is 2. The molecule has 0 bridgehead atoms. The van der Waals surface area contributed by atoms with E-state index in [9.17, 15) is 24.0 Å². The van der Waals surface area contributed by atoms with Crippen molar-refractivity contribution in [3.63, 3.8) is 0 Å². The number of allylic oxidation sites excluding steroid dienone is 3. The average molecular weight is 782 g/mol. The number of hydrogen-bond donors (Lipinski definition) is 3. The van der Waals surface area contributed by atoms with E-state index in [-0.39, 0.29) is 48.9 Å². The number of carboxylic acids is 1. The number of nitrogens with zero attached hydrogens (tertiary/aromatic N) is 3. The van der Waals surface area contributed by atoms with Crippen LogP contribution in [0.15, 0.2) is 23.8 Å². The van der Waals surface area contributed by atoms with Gasteiger partial charge in [-0.1, -0.05) is 86.5 Å². The molecule has 1 heterocycles. The summed E-state index contributed by atoms with van der Waals surface area (Å²) in [5, 5.41) is 13.5. The lowest BCUT2D eigenvalue weighted by Gasteiger charge is -2.39. The van der Waals surface area contributed by atoms with E-state index >= 15 is 0 Å². The molecular formula is C42H79N5O8. The summed E-state index contributed by atoms with van der Waals surface area (Å²) in [5.41, 5.74) is 0.970. The molecule has 0 aromatic heterocycles. The van der Waals surface area contributed by atoms with Gasteiger partial charge in [0.25, 0.3) is 0 Å². The van der Waals surface area contributed by atoms with Crippen molar-refractivity contribution in [3.05, 3.63) is 23.8 Å². The highest BCUT2D eigenvalue weighted by molar-refractivity contribution is 5.81. The van der Waals surface area contributed by atoms with Gasteiger partial charge in [0.05, 0.1) is 37.3 Å². The molecule has 1 aliphatic heterocycles. The van der Waals surface area contributed by atoms with Crippen LogP contribution in [0, 0.1) is 17.8 Å². The Morgan fingerprint density at radius 1 is 0.964 bits per heavy atom. The van der Waals surface area contributed by atoms with Crippen molar-refractivity contribution in [2.45, 2.75) is 150 Å². The van der Waals surface area contributed by atoms with Crippen molar-refractivity contribution < 1.29 is 38.6 Å². The van der Waals surface area contributed by atoms with E-state index in [1.165, 1.54) is 6.42 Å². The largest absolute Gasteiger partial charge is 0.480 e. The molecule has 0 radical (unpaired) electrons. The van der Waals surface area contributed by atoms with Gasteiger partial charge >= 0.3 is 5.97 Å². The van der Waals surface area contributed by atoms with Crippen LogP contribution in [0.4, 0.5) is 0 Å². The first-order valence-electron chi connectivity index (χ1n) is 20.2. The number of methoxy groups -OCH3 is 2. The number of carbonyl (C=O) groups excluding carboxylic acids is 4. The van der Waals surface area contributed by atoms with Gasteiger partial charge < -0.3 is 39.9 Å². The van der Waals surface area contributed by atoms with E-state index in [0.717, 1.165) is 50.1 Å². The van der Waals surface area contributed by atoms with Gasteiger partial charge in [0, 0.05) is 40.3 Å². The monoisotopic (exact) mass is 782 g/mol. The third-order valence-corrected chi connectivity index (χ3v) is 10.2. The summed E-state index contributed by atoms with van der Waals surface area (Å²) in [5.74, 6) is 0.0349. The molecule has 7 unspecified atom stereocenters. The summed E-state index contributed by atoms with van der Waals surface area (Å²) < 4.78 is 11.5. The fourth-order valence-electron chi connectivity index (χ4n) is 6.56. The molecule has 0 aromatic rings. The third kappa shape index (κ3) is 21.0. The number of carboxylic acid groups (broad SMARTS) is 1. The van der Waals surface area contributed by atoms with Gasteiger partial charge in [-0.2, -0.15) is 0 Å². The van der Waals surface area contributed by atoms with Crippen molar-refractivity contribution in [1.29, 1.82) is 0 Å². The fraction of sp³-hybridized carbons (Fsp3) is 0.786. The highest BCUT2D eigenvalue weighted by atomic mass is 16.5. The number of aliphatic carboxylic acids is 1. The quantitative estimate of drug-likeness (QED) is 0.135. The first-order chi connectivity index (χ1) is 25.9. The van der Waals surface area contributed by atoms with Crippen LogP contribution in [0.1, 0.15) is 114 Å². The van der Waals surface area contributed by atoms with Crippen LogP contribution in [0.25, 0.3) is 0 Å². The van der Waals surface area contributed by atoms with Crippen LogP contribution in [0.5, 0.6) is 0 Å². The van der Waals surface area contributed by atoms with Crippen molar-refractivity contribution in [2.24, 2.45) is 17.8 Å². The Morgan fingerprint density at radius 3 is 1.98 bits per heavy atom. The zero-order valence-electron chi connectivity index (χ0n) is 36.8. The Labute approximate surface area is 334 Å². The van der Waals surface area contributed by atoms with Crippen molar-refractivity contribution in [2.75, 3.05) is 48.5 Å². The predicted molar refractivity (Wildman–Crippen MR) is 222 cm³/mol. The maximum atomic E-state index is 13.3. The minimum absolute atomic E-state index is 0.00137. The van der Waals surface area contributed by atoms with E-state index in [4.69, 9.17) is 14.6 Å². The normalized spacial score (nSPS) is 18.1. The molecule has 55 heavy (non-hydrogen) atoms. The molecule has 4 amide bonds. The number of carbonyl (C=O) groups is 5. The number of nitrogens with one attached hydrogen (secondary N) is 2. The molecule has 13 heteroatoms. The molecule has 13 nitrogen and oxygen atoms in total. The fourth-order valence-corrected chi connectivity index (χ4v) is 6.56. The smallest absolute Gasteiger partial charge is 0.326 e.